The Hall–Kier alpha value is -0.790. The van der Waals surface area contributed by atoms with Crippen LogP contribution in [0.15, 0.2) is 12.2 Å². The summed E-state index contributed by atoms with van der Waals surface area (Å²) in [7, 11) is 1.42. The quantitative estimate of drug-likeness (QED) is 0.347. The fourth-order valence-electron chi connectivity index (χ4n) is 0.751. The van der Waals surface area contributed by atoms with Gasteiger partial charge in [0.15, 0.2) is 0 Å². The average molecular weight is 156 g/mol. The maximum absolute atomic E-state index is 10.6. The molecule has 0 unspecified atom stereocenters. The summed E-state index contributed by atoms with van der Waals surface area (Å²) >= 11 is 0. The maximum atomic E-state index is 10.6. The molecule has 0 bridgehead atoms. The lowest BCUT2D eigenvalue weighted by Crippen LogP contribution is -1.98. The molecular weight excluding hydrogens is 140 g/mol. The fourth-order valence-corrected chi connectivity index (χ4v) is 0.751. The van der Waals surface area contributed by atoms with Gasteiger partial charge in [-0.15, -0.1) is 0 Å². The molecule has 0 heterocycles. The van der Waals surface area contributed by atoms with Crippen LogP contribution in [0, 0.1) is 0 Å². The number of carbonyl (C=O) groups excluding carboxylic acids is 1. The van der Waals surface area contributed by atoms with Gasteiger partial charge in [-0.25, -0.2) is 0 Å². The van der Waals surface area contributed by atoms with E-state index >= 15 is 0 Å². The molecule has 0 N–H and O–H groups in total. The third kappa shape index (κ3) is 7.10. The van der Waals surface area contributed by atoms with E-state index in [4.69, 9.17) is 0 Å². The monoisotopic (exact) mass is 156 g/mol. The summed E-state index contributed by atoms with van der Waals surface area (Å²) in [6.07, 6.45) is 7.68. The minimum Gasteiger partial charge on any atom is -0.469 e. The van der Waals surface area contributed by atoms with Crippen LogP contribution in [0.1, 0.15) is 32.6 Å². The van der Waals surface area contributed by atoms with Gasteiger partial charge in [0.2, 0.25) is 0 Å². The smallest absolute Gasteiger partial charge is 0.305 e. The van der Waals surface area contributed by atoms with Crippen molar-refractivity contribution in [1.82, 2.24) is 0 Å². The van der Waals surface area contributed by atoms with Crippen molar-refractivity contribution in [1.29, 1.82) is 0 Å². The van der Waals surface area contributed by atoms with Gasteiger partial charge in [-0.1, -0.05) is 19.1 Å². The molecule has 0 spiro atoms. The van der Waals surface area contributed by atoms with Crippen LogP contribution in [-0.2, 0) is 9.53 Å². The second-order valence-electron chi connectivity index (χ2n) is 2.35. The van der Waals surface area contributed by atoms with Crippen LogP contribution < -0.4 is 0 Å². The lowest BCUT2D eigenvalue weighted by Gasteiger charge is -1.95. The molecule has 0 atom stereocenters. The second-order valence-corrected chi connectivity index (χ2v) is 2.35. The van der Waals surface area contributed by atoms with Crippen LogP contribution in [-0.4, -0.2) is 13.1 Å². The molecule has 0 fully saturated rings. The Bertz CT molecular complexity index is 128. The predicted octanol–water partition coefficient (Wildman–Crippen LogP) is 2.30. The largest absolute Gasteiger partial charge is 0.469 e. The minimum absolute atomic E-state index is 0.116. The van der Waals surface area contributed by atoms with E-state index in [1.807, 2.05) is 0 Å². The Morgan fingerprint density at radius 1 is 1.45 bits per heavy atom. The van der Waals surface area contributed by atoms with Gasteiger partial charge in [0.1, 0.15) is 0 Å². The fraction of sp³-hybridized carbons (Fsp3) is 0.667. The van der Waals surface area contributed by atoms with Gasteiger partial charge in [0, 0.05) is 6.42 Å². The molecule has 0 aromatic rings. The first kappa shape index (κ1) is 10.2. The third-order valence-corrected chi connectivity index (χ3v) is 1.38. The number of esters is 1. The molecule has 0 aliphatic heterocycles. The first-order valence-electron chi connectivity index (χ1n) is 4.03. The molecule has 2 nitrogen and oxygen atoms in total. The summed E-state index contributed by atoms with van der Waals surface area (Å²) in [6.45, 7) is 2.09. The molecule has 0 aromatic heterocycles. The lowest BCUT2D eigenvalue weighted by molar-refractivity contribution is -0.140. The van der Waals surface area contributed by atoms with Crippen molar-refractivity contribution in [3.05, 3.63) is 12.2 Å². The van der Waals surface area contributed by atoms with Crippen LogP contribution >= 0.6 is 0 Å². The van der Waals surface area contributed by atoms with Crippen LogP contribution in [0.5, 0.6) is 0 Å². The van der Waals surface area contributed by atoms with Crippen molar-refractivity contribution in [2.75, 3.05) is 7.11 Å². The summed E-state index contributed by atoms with van der Waals surface area (Å²) in [4.78, 5) is 10.6. The third-order valence-electron chi connectivity index (χ3n) is 1.38. The number of rotatable bonds is 5. The highest BCUT2D eigenvalue weighted by molar-refractivity contribution is 5.68. The summed E-state index contributed by atoms with van der Waals surface area (Å²) < 4.78 is 4.49. The molecule has 64 valence electrons. The SMILES string of the molecule is CC/C=C/CCCC(=O)OC. The first-order chi connectivity index (χ1) is 5.31. The van der Waals surface area contributed by atoms with Crippen LogP contribution in [0.4, 0.5) is 0 Å². The highest BCUT2D eigenvalue weighted by Crippen LogP contribution is 1.98. The molecule has 0 aliphatic carbocycles. The number of hydrogen-bond donors (Lipinski definition) is 0. The Labute approximate surface area is 68.2 Å². The van der Waals surface area contributed by atoms with E-state index in [0.29, 0.717) is 6.42 Å². The molecule has 0 rings (SSSR count). The normalized spacial score (nSPS) is 10.4. The molecule has 0 aromatic carbocycles. The first-order valence-corrected chi connectivity index (χ1v) is 4.03. The molecule has 0 saturated heterocycles. The van der Waals surface area contributed by atoms with E-state index in [1.165, 1.54) is 7.11 Å². The maximum Gasteiger partial charge on any atom is 0.305 e. The zero-order chi connectivity index (χ0) is 8.53. The Balaban J connectivity index is 3.14. The minimum atomic E-state index is -0.116. The van der Waals surface area contributed by atoms with Gasteiger partial charge >= 0.3 is 5.97 Å². The molecule has 11 heavy (non-hydrogen) atoms. The van der Waals surface area contributed by atoms with E-state index < -0.39 is 0 Å². The Kier molecular flexibility index (Phi) is 6.79. The summed E-state index contributed by atoms with van der Waals surface area (Å²) in [5.74, 6) is -0.116. The van der Waals surface area contributed by atoms with E-state index in [-0.39, 0.29) is 5.97 Å². The van der Waals surface area contributed by atoms with E-state index in [0.717, 1.165) is 19.3 Å². The number of hydrogen-bond acceptors (Lipinski definition) is 2. The number of ether oxygens (including phenoxy) is 1. The highest BCUT2D eigenvalue weighted by Gasteiger charge is 1.96. The zero-order valence-corrected chi connectivity index (χ0v) is 7.30. The van der Waals surface area contributed by atoms with Gasteiger partial charge < -0.3 is 4.74 Å². The number of carbonyl (C=O) groups is 1. The van der Waals surface area contributed by atoms with E-state index in [1.54, 1.807) is 0 Å². The van der Waals surface area contributed by atoms with E-state index in [2.05, 4.69) is 23.8 Å². The number of allylic oxidation sites excluding steroid dienone is 2. The number of methoxy groups -OCH3 is 1. The van der Waals surface area contributed by atoms with Crippen molar-refractivity contribution in [2.24, 2.45) is 0 Å². The van der Waals surface area contributed by atoms with Crippen LogP contribution in [0.2, 0.25) is 0 Å². The van der Waals surface area contributed by atoms with Gasteiger partial charge in [-0.3, -0.25) is 4.79 Å². The molecule has 0 saturated carbocycles. The van der Waals surface area contributed by atoms with Crippen molar-refractivity contribution in [2.45, 2.75) is 32.6 Å². The standard InChI is InChI=1S/C9H16O2/c1-3-4-5-6-7-8-9(10)11-2/h4-5H,3,6-8H2,1-2H3/b5-4+. The Morgan fingerprint density at radius 3 is 2.73 bits per heavy atom. The molecule has 0 amide bonds. The topological polar surface area (TPSA) is 26.3 Å². The van der Waals surface area contributed by atoms with Gasteiger partial charge in [-0.2, -0.15) is 0 Å². The van der Waals surface area contributed by atoms with Crippen molar-refractivity contribution in [3.63, 3.8) is 0 Å². The van der Waals surface area contributed by atoms with Crippen molar-refractivity contribution >= 4 is 5.97 Å². The summed E-state index contributed by atoms with van der Waals surface area (Å²) in [5, 5.41) is 0. The van der Waals surface area contributed by atoms with Crippen LogP contribution in [0.25, 0.3) is 0 Å². The van der Waals surface area contributed by atoms with Crippen molar-refractivity contribution in [3.8, 4) is 0 Å². The van der Waals surface area contributed by atoms with Gasteiger partial charge in [0.25, 0.3) is 0 Å². The molecule has 2 heteroatoms. The summed E-state index contributed by atoms with van der Waals surface area (Å²) in [6, 6.07) is 0. The molecule has 0 aliphatic rings. The molecule has 0 radical (unpaired) electrons. The van der Waals surface area contributed by atoms with Gasteiger partial charge in [-0.05, 0) is 19.3 Å². The van der Waals surface area contributed by atoms with Gasteiger partial charge in [0.05, 0.1) is 7.11 Å². The lowest BCUT2D eigenvalue weighted by atomic mass is 10.2. The predicted molar refractivity (Wildman–Crippen MR) is 45.3 cm³/mol. The van der Waals surface area contributed by atoms with Crippen molar-refractivity contribution < 1.29 is 9.53 Å². The highest BCUT2D eigenvalue weighted by atomic mass is 16.5. The Morgan fingerprint density at radius 2 is 2.18 bits per heavy atom. The van der Waals surface area contributed by atoms with Crippen LogP contribution in [0.3, 0.4) is 0 Å². The number of unbranched alkanes of at least 4 members (excludes halogenated alkanes) is 1. The van der Waals surface area contributed by atoms with E-state index in [9.17, 15) is 4.79 Å². The average Bonchev–Trinajstić information content (AvgIpc) is 2.04. The second kappa shape index (κ2) is 7.32. The zero-order valence-electron chi connectivity index (χ0n) is 7.30. The summed E-state index contributed by atoms with van der Waals surface area (Å²) in [5.41, 5.74) is 0. The molecular formula is C9H16O2.